The minimum atomic E-state index is 0.811. The van der Waals surface area contributed by atoms with Gasteiger partial charge in [0.1, 0.15) is 0 Å². The quantitative estimate of drug-likeness (QED) is 0.768. The van der Waals surface area contributed by atoms with Crippen LogP contribution in [0.2, 0.25) is 0 Å². The van der Waals surface area contributed by atoms with Crippen molar-refractivity contribution in [2.75, 3.05) is 0 Å². The topological polar surface area (TPSA) is 30.7 Å². The molecule has 0 amide bonds. The van der Waals surface area contributed by atoms with Gasteiger partial charge in [-0.05, 0) is 12.1 Å². The van der Waals surface area contributed by atoms with Crippen LogP contribution in [0.4, 0.5) is 0 Å². The number of aromatic nitrogens is 3. The Labute approximate surface area is 90.9 Å². The fourth-order valence-corrected chi connectivity index (χ4v) is 1.79. The summed E-state index contributed by atoms with van der Waals surface area (Å²) in [5.74, 6) is 0. The number of rotatable bonds is 2. The van der Waals surface area contributed by atoms with E-state index in [1.165, 1.54) is 5.56 Å². The molecule has 0 saturated carbocycles. The first-order chi connectivity index (χ1) is 6.81. The highest BCUT2D eigenvalue weighted by Gasteiger charge is 2.08. The lowest BCUT2D eigenvalue weighted by Crippen LogP contribution is -1.88. The summed E-state index contributed by atoms with van der Waals surface area (Å²) in [6.07, 6.45) is 5.60. The zero-order valence-electron chi connectivity index (χ0n) is 7.81. The molecule has 2 aromatic rings. The average Bonchev–Trinajstić information content (AvgIpc) is 2.61. The van der Waals surface area contributed by atoms with Gasteiger partial charge in [0.15, 0.2) is 0 Å². The van der Waals surface area contributed by atoms with Crippen LogP contribution in [0, 0.1) is 0 Å². The number of alkyl halides is 1. The van der Waals surface area contributed by atoms with Crippen LogP contribution >= 0.6 is 15.9 Å². The van der Waals surface area contributed by atoms with E-state index >= 15 is 0 Å². The maximum atomic E-state index is 4.40. The Bertz CT molecular complexity index is 422. The number of hydrogen-bond acceptors (Lipinski definition) is 2. The molecule has 0 aliphatic rings. The zero-order chi connectivity index (χ0) is 9.97. The molecule has 3 nitrogen and oxygen atoms in total. The van der Waals surface area contributed by atoms with E-state index < -0.39 is 0 Å². The summed E-state index contributed by atoms with van der Waals surface area (Å²) in [5.41, 5.74) is 3.24. The van der Waals surface area contributed by atoms with Gasteiger partial charge in [0, 0.05) is 42.1 Å². The Morgan fingerprint density at radius 1 is 1.50 bits per heavy atom. The molecular formula is C10H10BrN3. The van der Waals surface area contributed by atoms with Gasteiger partial charge in [0.05, 0.1) is 5.69 Å². The molecule has 0 N–H and O–H groups in total. The predicted molar refractivity (Wildman–Crippen MR) is 59.1 cm³/mol. The van der Waals surface area contributed by atoms with Crippen molar-refractivity contribution in [1.82, 2.24) is 14.8 Å². The zero-order valence-corrected chi connectivity index (χ0v) is 9.40. The molecule has 0 bridgehead atoms. The second-order valence-corrected chi connectivity index (χ2v) is 3.61. The summed E-state index contributed by atoms with van der Waals surface area (Å²) in [4.78, 5) is 4.08. The van der Waals surface area contributed by atoms with Crippen LogP contribution in [0.5, 0.6) is 0 Å². The Kier molecular flexibility index (Phi) is 2.63. The molecule has 0 aliphatic heterocycles. The van der Waals surface area contributed by atoms with Crippen molar-refractivity contribution in [3.8, 4) is 11.3 Å². The first-order valence-electron chi connectivity index (χ1n) is 4.30. The van der Waals surface area contributed by atoms with Crippen LogP contribution in [0.1, 0.15) is 5.56 Å². The van der Waals surface area contributed by atoms with Crippen LogP contribution < -0.4 is 0 Å². The molecule has 2 aromatic heterocycles. The van der Waals surface area contributed by atoms with Gasteiger partial charge in [-0.3, -0.25) is 9.67 Å². The molecule has 72 valence electrons. The van der Waals surface area contributed by atoms with Crippen molar-refractivity contribution in [2.24, 2.45) is 7.05 Å². The lowest BCUT2D eigenvalue weighted by molar-refractivity contribution is 0.770. The Morgan fingerprint density at radius 2 is 2.36 bits per heavy atom. The highest BCUT2D eigenvalue weighted by atomic mass is 79.9. The fraction of sp³-hybridized carbons (Fsp3) is 0.200. The molecule has 0 fully saturated rings. The van der Waals surface area contributed by atoms with Gasteiger partial charge in [0.25, 0.3) is 0 Å². The van der Waals surface area contributed by atoms with Crippen LogP contribution in [-0.2, 0) is 12.4 Å². The third-order valence-corrected chi connectivity index (χ3v) is 2.59. The standard InChI is InChI=1S/C10H10BrN3/c1-14-7-9(5-11)10(13-14)8-3-2-4-12-6-8/h2-4,6-7H,5H2,1H3. The molecule has 0 radical (unpaired) electrons. The average molecular weight is 252 g/mol. The summed E-state index contributed by atoms with van der Waals surface area (Å²) >= 11 is 3.45. The van der Waals surface area contributed by atoms with E-state index in [9.17, 15) is 0 Å². The first-order valence-corrected chi connectivity index (χ1v) is 5.42. The van der Waals surface area contributed by atoms with Crippen LogP contribution in [-0.4, -0.2) is 14.8 Å². The smallest absolute Gasteiger partial charge is 0.0978 e. The normalized spacial score (nSPS) is 10.4. The highest BCUT2D eigenvalue weighted by molar-refractivity contribution is 9.08. The molecule has 0 atom stereocenters. The molecule has 0 unspecified atom stereocenters. The minimum absolute atomic E-state index is 0.811. The van der Waals surface area contributed by atoms with E-state index in [2.05, 4.69) is 26.0 Å². The van der Waals surface area contributed by atoms with Gasteiger partial charge in [-0.1, -0.05) is 15.9 Å². The van der Waals surface area contributed by atoms with E-state index in [0.717, 1.165) is 16.6 Å². The summed E-state index contributed by atoms with van der Waals surface area (Å²) < 4.78 is 1.82. The van der Waals surface area contributed by atoms with Gasteiger partial charge in [-0.25, -0.2) is 0 Å². The second kappa shape index (κ2) is 3.92. The summed E-state index contributed by atoms with van der Waals surface area (Å²) in [5, 5.41) is 5.21. The number of halogens is 1. The molecule has 2 heterocycles. The van der Waals surface area contributed by atoms with Crippen LogP contribution in [0.3, 0.4) is 0 Å². The van der Waals surface area contributed by atoms with Crippen LogP contribution in [0.15, 0.2) is 30.7 Å². The molecule has 4 heteroatoms. The SMILES string of the molecule is Cn1cc(CBr)c(-c2cccnc2)n1. The van der Waals surface area contributed by atoms with Crippen LogP contribution in [0.25, 0.3) is 11.3 Å². The highest BCUT2D eigenvalue weighted by Crippen LogP contribution is 2.22. The number of hydrogen-bond donors (Lipinski definition) is 0. The fourth-order valence-electron chi connectivity index (χ4n) is 1.38. The monoisotopic (exact) mass is 251 g/mol. The summed E-state index contributed by atoms with van der Waals surface area (Å²) in [6, 6.07) is 3.93. The number of nitrogens with zero attached hydrogens (tertiary/aromatic N) is 3. The van der Waals surface area contributed by atoms with E-state index in [1.807, 2.05) is 36.3 Å². The van der Waals surface area contributed by atoms with Gasteiger partial charge in [-0.2, -0.15) is 5.10 Å². The van der Waals surface area contributed by atoms with Gasteiger partial charge < -0.3 is 0 Å². The molecule has 0 spiro atoms. The maximum absolute atomic E-state index is 4.40. The molecule has 0 aromatic carbocycles. The third kappa shape index (κ3) is 1.70. The first kappa shape index (κ1) is 9.40. The molecule has 2 rings (SSSR count). The third-order valence-electron chi connectivity index (χ3n) is 1.98. The maximum Gasteiger partial charge on any atom is 0.0978 e. The second-order valence-electron chi connectivity index (χ2n) is 3.05. The van der Waals surface area contributed by atoms with Crippen molar-refractivity contribution in [3.05, 3.63) is 36.3 Å². The van der Waals surface area contributed by atoms with Gasteiger partial charge >= 0.3 is 0 Å². The number of aryl methyl sites for hydroxylation is 1. The largest absolute Gasteiger partial charge is 0.275 e. The van der Waals surface area contributed by atoms with Crippen molar-refractivity contribution in [1.29, 1.82) is 0 Å². The lowest BCUT2D eigenvalue weighted by Gasteiger charge is -1.97. The minimum Gasteiger partial charge on any atom is -0.275 e. The van der Waals surface area contributed by atoms with E-state index in [-0.39, 0.29) is 0 Å². The molecule has 0 aliphatic carbocycles. The van der Waals surface area contributed by atoms with Crippen molar-refractivity contribution in [2.45, 2.75) is 5.33 Å². The molecule has 0 saturated heterocycles. The Balaban J connectivity index is 2.51. The Morgan fingerprint density at radius 3 is 3.00 bits per heavy atom. The molecule has 14 heavy (non-hydrogen) atoms. The van der Waals surface area contributed by atoms with Crippen molar-refractivity contribution >= 4 is 15.9 Å². The number of pyridine rings is 1. The molecular weight excluding hydrogens is 242 g/mol. The summed E-state index contributed by atoms with van der Waals surface area (Å²) in [6.45, 7) is 0. The predicted octanol–water partition coefficient (Wildman–Crippen LogP) is 2.38. The van der Waals surface area contributed by atoms with E-state index in [1.54, 1.807) is 6.20 Å². The Hall–Kier alpha value is -1.16. The lowest BCUT2D eigenvalue weighted by atomic mass is 10.1. The summed E-state index contributed by atoms with van der Waals surface area (Å²) in [7, 11) is 1.92. The van der Waals surface area contributed by atoms with E-state index in [4.69, 9.17) is 0 Å². The van der Waals surface area contributed by atoms with E-state index in [0.29, 0.717) is 0 Å². The van der Waals surface area contributed by atoms with Gasteiger partial charge in [-0.15, -0.1) is 0 Å². The van der Waals surface area contributed by atoms with Crippen molar-refractivity contribution < 1.29 is 0 Å². The van der Waals surface area contributed by atoms with Crippen molar-refractivity contribution in [3.63, 3.8) is 0 Å². The van der Waals surface area contributed by atoms with Gasteiger partial charge in [0.2, 0.25) is 0 Å².